The molecule has 0 aliphatic carbocycles. The van der Waals surface area contributed by atoms with Gasteiger partial charge in [0.05, 0.1) is 0 Å². The molecule has 0 spiro atoms. The summed E-state index contributed by atoms with van der Waals surface area (Å²) in [5, 5.41) is 9.38. The Kier molecular flexibility index (Phi) is 5.90. The lowest BCUT2D eigenvalue weighted by Crippen LogP contribution is -2.37. The predicted octanol–water partition coefficient (Wildman–Crippen LogP) is 3.02. The number of hydrogen-bond donors (Lipinski definition) is 2. The van der Waals surface area contributed by atoms with Crippen LogP contribution in [0.15, 0.2) is 59.3 Å². The second kappa shape index (κ2) is 8.92. The van der Waals surface area contributed by atoms with Crippen LogP contribution in [0.2, 0.25) is 0 Å². The number of amides is 2. The standard InChI is InChI=1S/C23H24N4O3/c1-16-6-7-18(14-21(16)25-23(29)20-9-13-30-26-20)22(28)24-10-12-27-11-8-17-4-2-3-5-19(17)15-27/h2-7,9,13-14H,8,10-12,15H2,1H3,(H,24,28)(H,25,29). The molecule has 7 heteroatoms. The molecular weight excluding hydrogens is 380 g/mol. The number of carbonyl (C=O) groups excluding carboxylic acids is 2. The molecule has 1 aliphatic rings. The van der Waals surface area contributed by atoms with Crippen molar-refractivity contribution in [3.05, 3.63) is 82.7 Å². The minimum atomic E-state index is -0.380. The molecule has 2 amide bonds. The number of nitrogens with one attached hydrogen (secondary N) is 2. The number of carbonyl (C=O) groups is 2. The molecule has 1 aromatic heterocycles. The van der Waals surface area contributed by atoms with Crippen LogP contribution in [-0.4, -0.2) is 41.5 Å². The van der Waals surface area contributed by atoms with E-state index in [4.69, 9.17) is 4.52 Å². The quantitative estimate of drug-likeness (QED) is 0.659. The summed E-state index contributed by atoms with van der Waals surface area (Å²) in [6.07, 6.45) is 2.38. The van der Waals surface area contributed by atoms with Crippen LogP contribution in [-0.2, 0) is 13.0 Å². The highest BCUT2D eigenvalue weighted by molar-refractivity contribution is 6.04. The van der Waals surface area contributed by atoms with E-state index in [1.807, 2.05) is 13.0 Å². The molecule has 0 saturated heterocycles. The number of aryl methyl sites for hydroxylation is 1. The summed E-state index contributed by atoms with van der Waals surface area (Å²) in [5.41, 5.74) is 4.89. The highest BCUT2D eigenvalue weighted by atomic mass is 16.5. The fraction of sp³-hybridized carbons (Fsp3) is 0.261. The second-order valence-electron chi connectivity index (χ2n) is 7.42. The van der Waals surface area contributed by atoms with Crippen molar-refractivity contribution >= 4 is 17.5 Å². The third-order valence-corrected chi connectivity index (χ3v) is 5.34. The molecule has 0 saturated carbocycles. The minimum absolute atomic E-state index is 0.163. The zero-order valence-corrected chi connectivity index (χ0v) is 16.9. The average molecular weight is 404 g/mol. The van der Waals surface area contributed by atoms with Gasteiger partial charge in [-0.2, -0.15) is 0 Å². The van der Waals surface area contributed by atoms with E-state index in [0.29, 0.717) is 17.8 Å². The van der Waals surface area contributed by atoms with Crippen LogP contribution in [0.1, 0.15) is 37.5 Å². The Balaban J connectivity index is 1.32. The van der Waals surface area contributed by atoms with E-state index in [1.54, 1.807) is 12.1 Å². The number of hydrogen-bond acceptors (Lipinski definition) is 5. The molecule has 154 valence electrons. The third-order valence-electron chi connectivity index (χ3n) is 5.34. The van der Waals surface area contributed by atoms with E-state index < -0.39 is 0 Å². The van der Waals surface area contributed by atoms with Gasteiger partial charge in [0.2, 0.25) is 0 Å². The largest absolute Gasteiger partial charge is 0.364 e. The van der Waals surface area contributed by atoms with Crippen molar-refractivity contribution in [3.8, 4) is 0 Å². The molecule has 0 radical (unpaired) electrons. The van der Waals surface area contributed by atoms with E-state index in [0.717, 1.165) is 31.6 Å². The van der Waals surface area contributed by atoms with E-state index in [-0.39, 0.29) is 17.5 Å². The molecule has 0 fully saturated rings. The molecule has 30 heavy (non-hydrogen) atoms. The third kappa shape index (κ3) is 4.58. The zero-order chi connectivity index (χ0) is 20.9. The molecule has 7 nitrogen and oxygen atoms in total. The van der Waals surface area contributed by atoms with Gasteiger partial charge in [-0.1, -0.05) is 35.5 Å². The Hall–Kier alpha value is -3.45. The Morgan fingerprint density at radius 3 is 2.73 bits per heavy atom. The monoisotopic (exact) mass is 404 g/mol. The summed E-state index contributed by atoms with van der Waals surface area (Å²) >= 11 is 0. The molecule has 2 heterocycles. The Morgan fingerprint density at radius 2 is 1.93 bits per heavy atom. The first kappa shape index (κ1) is 19.8. The van der Waals surface area contributed by atoms with E-state index >= 15 is 0 Å². The molecule has 1 aliphatic heterocycles. The van der Waals surface area contributed by atoms with E-state index in [1.165, 1.54) is 23.5 Å². The Bertz CT molecular complexity index is 1050. The Morgan fingerprint density at radius 1 is 1.10 bits per heavy atom. The van der Waals surface area contributed by atoms with Gasteiger partial charge in [0.15, 0.2) is 5.69 Å². The highest BCUT2D eigenvalue weighted by Gasteiger charge is 2.16. The first-order valence-electron chi connectivity index (χ1n) is 10.00. The van der Waals surface area contributed by atoms with Crippen LogP contribution in [0.3, 0.4) is 0 Å². The SMILES string of the molecule is Cc1ccc(C(=O)NCCN2CCc3ccccc3C2)cc1NC(=O)c1ccon1. The van der Waals surface area contributed by atoms with Gasteiger partial charge in [0.1, 0.15) is 6.26 Å². The minimum Gasteiger partial charge on any atom is -0.364 e. The normalized spacial score (nSPS) is 13.5. The lowest BCUT2D eigenvalue weighted by Gasteiger charge is -2.28. The van der Waals surface area contributed by atoms with Crippen LogP contribution < -0.4 is 10.6 Å². The van der Waals surface area contributed by atoms with Crippen molar-refractivity contribution in [1.29, 1.82) is 0 Å². The number of benzene rings is 2. The summed E-state index contributed by atoms with van der Waals surface area (Å²) in [6, 6.07) is 15.2. The van der Waals surface area contributed by atoms with Gasteiger partial charge < -0.3 is 15.2 Å². The van der Waals surface area contributed by atoms with E-state index in [9.17, 15) is 9.59 Å². The fourth-order valence-electron chi connectivity index (χ4n) is 3.59. The summed E-state index contributed by atoms with van der Waals surface area (Å²) < 4.78 is 4.70. The van der Waals surface area contributed by atoms with Gasteiger partial charge in [-0.3, -0.25) is 14.5 Å². The highest BCUT2D eigenvalue weighted by Crippen LogP contribution is 2.19. The van der Waals surface area contributed by atoms with Crippen LogP contribution >= 0.6 is 0 Å². The number of rotatable bonds is 6. The van der Waals surface area contributed by atoms with Crippen molar-refractivity contribution in [1.82, 2.24) is 15.4 Å². The van der Waals surface area contributed by atoms with Crippen molar-refractivity contribution in [2.75, 3.05) is 25.0 Å². The predicted molar refractivity (Wildman–Crippen MR) is 113 cm³/mol. The van der Waals surface area contributed by atoms with Crippen LogP contribution in [0, 0.1) is 6.92 Å². The molecular formula is C23H24N4O3. The fourth-order valence-corrected chi connectivity index (χ4v) is 3.59. The molecule has 0 bridgehead atoms. The molecule has 3 aromatic rings. The lowest BCUT2D eigenvalue weighted by molar-refractivity contribution is 0.0945. The molecule has 4 rings (SSSR count). The van der Waals surface area contributed by atoms with Gasteiger partial charge in [0.25, 0.3) is 11.8 Å². The number of nitrogens with zero attached hydrogens (tertiary/aromatic N) is 2. The first-order valence-corrected chi connectivity index (χ1v) is 10.00. The average Bonchev–Trinajstić information content (AvgIpc) is 3.30. The van der Waals surface area contributed by atoms with Gasteiger partial charge in [-0.15, -0.1) is 0 Å². The zero-order valence-electron chi connectivity index (χ0n) is 16.9. The first-order chi connectivity index (χ1) is 14.6. The van der Waals surface area contributed by atoms with Crippen LogP contribution in [0.25, 0.3) is 0 Å². The van der Waals surface area contributed by atoms with Crippen LogP contribution in [0.5, 0.6) is 0 Å². The number of anilines is 1. The van der Waals surface area contributed by atoms with Gasteiger partial charge in [-0.25, -0.2) is 0 Å². The molecule has 2 aromatic carbocycles. The van der Waals surface area contributed by atoms with Crippen LogP contribution in [0.4, 0.5) is 5.69 Å². The van der Waals surface area contributed by atoms with Crippen molar-refractivity contribution < 1.29 is 14.1 Å². The summed E-state index contributed by atoms with van der Waals surface area (Å²) in [5.74, 6) is -0.542. The van der Waals surface area contributed by atoms with Crippen molar-refractivity contribution in [2.24, 2.45) is 0 Å². The lowest BCUT2D eigenvalue weighted by atomic mass is 10.00. The Labute approximate surface area is 175 Å². The summed E-state index contributed by atoms with van der Waals surface area (Å²) in [4.78, 5) is 27.1. The van der Waals surface area contributed by atoms with Gasteiger partial charge in [-0.05, 0) is 42.2 Å². The maximum atomic E-state index is 12.6. The molecule has 0 atom stereocenters. The maximum Gasteiger partial charge on any atom is 0.277 e. The smallest absolute Gasteiger partial charge is 0.277 e. The van der Waals surface area contributed by atoms with Crippen molar-refractivity contribution in [3.63, 3.8) is 0 Å². The number of fused-ring (bicyclic) bond motifs is 1. The second-order valence-corrected chi connectivity index (χ2v) is 7.42. The van der Waals surface area contributed by atoms with Gasteiger partial charge >= 0.3 is 0 Å². The maximum absolute atomic E-state index is 12.6. The van der Waals surface area contributed by atoms with Gasteiger partial charge in [0, 0.05) is 43.5 Å². The number of aromatic nitrogens is 1. The summed E-state index contributed by atoms with van der Waals surface area (Å²) in [6.45, 7) is 5.13. The molecule has 0 unspecified atom stereocenters. The van der Waals surface area contributed by atoms with E-state index in [2.05, 4.69) is 45.0 Å². The topological polar surface area (TPSA) is 87.5 Å². The molecule has 2 N–H and O–H groups in total. The van der Waals surface area contributed by atoms with Crippen molar-refractivity contribution in [2.45, 2.75) is 19.9 Å². The summed E-state index contributed by atoms with van der Waals surface area (Å²) in [7, 11) is 0.